The van der Waals surface area contributed by atoms with Crippen molar-refractivity contribution in [3.05, 3.63) is 0 Å². The molecule has 0 radical (unpaired) electrons. The first-order valence-electron chi connectivity index (χ1n) is 7.98. The van der Waals surface area contributed by atoms with Crippen molar-refractivity contribution in [3.63, 3.8) is 0 Å². The van der Waals surface area contributed by atoms with Crippen LogP contribution in [-0.4, -0.2) is 52.9 Å². The second-order valence-electron chi connectivity index (χ2n) is 6.31. The zero-order chi connectivity index (χ0) is 15.3. The van der Waals surface area contributed by atoms with Crippen molar-refractivity contribution in [3.8, 4) is 0 Å². The number of hydrogen-bond acceptors (Lipinski definition) is 3. The molecule has 0 heterocycles. The number of carboxylic acids is 1. The molecule has 0 bridgehead atoms. The fourth-order valence-electron chi connectivity index (χ4n) is 3.64. The number of carbonyl (C=O) groups is 2. The third-order valence-electron chi connectivity index (χ3n) is 4.96. The van der Waals surface area contributed by atoms with E-state index in [1.54, 1.807) is 4.90 Å². The minimum Gasteiger partial charge on any atom is -0.481 e. The monoisotopic (exact) mass is 298 g/mol. The lowest BCUT2D eigenvalue weighted by Gasteiger charge is -2.31. The van der Waals surface area contributed by atoms with E-state index in [1.165, 1.54) is 0 Å². The molecular formula is C15H26N2O4. The molecule has 2 fully saturated rings. The predicted molar refractivity (Wildman–Crippen MR) is 78.0 cm³/mol. The molecule has 0 unspecified atom stereocenters. The molecule has 3 N–H and O–H groups in total. The molecule has 2 rings (SSSR count). The zero-order valence-electron chi connectivity index (χ0n) is 12.5. The summed E-state index contributed by atoms with van der Waals surface area (Å²) in [5.41, 5.74) is -0.795. The third-order valence-corrected chi connectivity index (χ3v) is 4.96. The van der Waals surface area contributed by atoms with Gasteiger partial charge in [-0.3, -0.25) is 4.79 Å². The molecule has 0 spiro atoms. The van der Waals surface area contributed by atoms with E-state index in [0.717, 1.165) is 38.5 Å². The van der Waals surface area contributed by atoms with Gasteiger partial charge in [0.15, 0.2) is 0 Å². The fourth-order valence-corrected chi connectivity index (χ4v) is 3.64. The zero-order valence-corrected chi connectivity index (χ0v) is 12.5. The van der Waals surface area contributed by atoms with Gasteiger partial charge in [-0.05, 0) is 25.7 Å². The molecule has 2 aliphatic carbocycles. The highest BCUT2D eigenvalue weighted by atomic mass is 16.4. The standard InChI is InChI=1S/C15H26N2O4/c18-10-9-17(12-5-1-2-6-12)14(21)16-11-15(13(19)20)7-3-4-8-15/h12,18H,1-11H2,(H,16,21)(H,19,20). The first kappa shape index (κ1) is 16.1. The Bertz CT molecular complexity index is 374. The van der Waals surface area contributed by atoms with Gasteiger partial charge in [-0.15, -0.1) is 0 Å². The molecule has 2 amide bonds. The number of hydrogen-bond donors (Lipinski definition) is 3. The van der Waals surface area contributed by atoms with Crippen molar-refractivity contribution in [2.24, 2.45) is 5.41 Å². The van der Waals surface area contributed by atoms with Gasteiger partial charge < -0.3 is 20.4 Å². The predicted octanol–water partition coefficient (Wildman–Crippen LogP) is 1.58. The number of aliphatic hydroxyl groups is 1. The Labute approximate surface area is 125 Å². The Hall–Kier alpha value is -1.30. The summed E-state index contributed by atoms with van der Waals surface area (Å²) in [5.74, 6) is -0.810. The molecule has 0 atom stereocenters. The summed E-state index contributed by atoms with van der Waals surface area (Å²) < 4.78 is 0. The van der Waals surface area contributed by atoms with Gasteiger partial charge in [0, 0.05) is 19.1 Å². The van der Waals surface area contributed by atoms with Crippen molar-refractivity contribution >= 4 is 12.0 Å². The summed E-state index contributed by atoms with van der Waals surface area (Å²) in [6.07, 6.45) is 7.24. The summed E-state index contributed by atoms with van der Waals surface area (Å²) in [4.78, 5) is 25.5. The molecule has 0 aromatic rings. The van der Waals surface area contributed by atoms with E-state index in [2.05, 4.69) is 5.32 Å². The van der Waals surface area contributed by atoms with Crippen molar-refractivity contribution in [2.75, 3.05) is 19.7 Å². The second kappa shape index (κ2) is 7.11. The second-order valence-corrected chi connectivity index (χ2v) is 6.31. The summed E-state index contributed by atoms with van der Waals surface area (Å²) in [6, 6.07) is -0.0509. The van der Waals surface area contributed by atoms with Crippen molar-refractivity contribution in [1.82, 2.24) is 10.2 Å². The molecule has 0 aliphatic heterocycles. The van der Waals surface area contributed by atoms with Gasteiger partial charge in [-0.25, -0.2) is 4.79 Å². The number of aliphatic hydroxyl groups excluding tert-OH is 1. The van der Waals surface area contributed by atoms with Crippen LogP contribution in [0.2, 0.25) is 0 Å². The molecule has 2 aliphatic rings. The van der Waals surface area contributed by atoms with Gasteiger partial charge in [0.25, 0.3) is 0 Å². The molecule has 120 valence electrons. The molecule has 0 aromatic heterocycles. The number of urea groups is 1. The number of nitrogens with one attached hydrogen (secondary N) is 1. The lowest BCUT2D eigenvalue weighted by Crippen LogP contribution is -2.50. The maximum Gasteiger partial charge on any atom is 0.317 e. The molecule has 0 saturated heterocycles. The third kappa shape index (κ3) is 3.67. The van der Waals surface area contributed by atoms with E-state index in [-0.39, 0.29) is 25.2 Å². The van der Waals surface area contributed by atoms with Gasteiger partial charge in [-0.1, -0.05) is 25.7 Å². The molecule has 6 heteroatoms. The van der Waals surface area contributed by atoms with Crippen LogP contribution in [0.15, 0.2) is 0 Å². The van der Waals surface area contributed by atoms with E-state index in [9.17, 15) is 14.7 Å². The number of amides is 2. The number of nitrogens with zero attached hydrogens (tertiary/aromatic N) is 1. The molecule has 6 nitrogen and oxygen atoms in total. The van der Waals surface area contributed by atoms with Crippen LogP contribution in [0.4, 0.5) is 4.79 Å². The Kier molecular flexibility index (Phi) is 5.45. The highest BCUT2D eigenvalue weighted by Gasteiger charge is 2.42. The maximum absolute atomic E-state index is 12.4. The molecular weight excluding hydrogens is 272 g/mol. The minimum absolute atomic E-state index is 0.0615. The van der Waals surface area contributed by atoms with Crippen LogP contribution in [0, 0.1) is 5.41 Å². The van der Waals surface area contributed by atoms with Crippen LogP contribution in [0.3, 0.4) is 0 Å². The molecule has 2 saturated carbocycles. The maximum atomic E-state index is 12.4. The van der Waals surface area contributed by atoms with Crippen molar-refractivity contribution in [1.29, 1.82) is 0 Å². The van der Waals surface area contributed by atoms with Crippen LogP contribution in [0.5, 0.6) is 0 Å². The quantitative estimate of drug-likeness (QED) is 0.694. The first-order chi connectivity index (χ1) is 10.1. The van der Waals surface area contributed by atoms with Gasteiger partial charge >= 0.3 is 12.0 Å². The molecule has 21 heavy (non-hydrogen) atoms. The fraction of sp³-hybridized carbons (Fsp3) is 0.867. The average molecular weight is 298 g/mol. The average Bonchev–Trinajstić information content (AvgIpc) is 3.13. The van der Waals surface area contributed by atoms with Gasteiger partial charge in [0.2, 0.25) is 0 Å². The van der Waals surface area contributed by atoms with Gasteiger partial charge in [0.05, 0.1) is 12.0 Å². The first-order valence-corrected chi connectivity index (χ1v) is 7.98. The Morgan fingerprint density at radius 1 is 1.14 bits per heavy atom. The van der Waals surface area contributed by atoms with E-state index in [4.69, 9.17) is 5.11 Å². The number of aliphatic carboxylic acids is 1. The summed E-state index contributed by atoms with van der Waals surface area (Å²) in [6.45, 7) is 0.445. The SMILES string of the molecule is O=C(NCC1(C(=O)O)CCCC1)N(CCO)C1CCCC1. The Morgan fingerprint density at radius 2 is 1.76 bits per heavy atom. The molecule has 0 aromatic carbocycles. The number of carboxylic acid groups (broad SMARTS) is 1. The van der Waals surface area contributed by atoms with Crippen LogP contribution < -0.4 is 5.32 Å². The highest BCUT2D eigenvalue weighted by Crippen LogP contribution is 2.37. The van der Waals surface area contributed by atoms with Crippen molar-refractivity contribution < 1.29 is 19.8 Å². The van der Waals surface area contributed by atoms with Crippen LogP contribution in [-0.2, 0) is 4.79 Å². The van der Waals surface area contributed by atoms with Crippen LogP contribution >= 0.6 is 0 Å². The summed E-state index contributed by atoms with van der Waals surface area (Å²) in [7, 11) is 0. The minimum atomic E-state index is -0.810. The number of carbonyl (C=O) groups excluding carboxylic acids is 1. The smallest absolute Gasteiger partial charge is 0.317 e. The summed E-state index contributed by atoms with van der Waals surface area (Å²) in [5, 5.41) is 21.4. The number of rotatable bonds is 6. The van der Waals surface area contributed by atoms with Crippen molar-refractivity contribution in [2.45, 2.75) is 57.4 Å². The Balaban J connectivity index is 1.93. The Morgan fingerprint density at radius 3 is 2.29 bits per heavy atom. The lowest BCUT2D eigenvalue weighted by molar-refractivity contribution is -0.148. The van der Waals surface area contributed by atoms with E-state index in [1.807, 2.05) is 0 Å². The summed E-state index contributed by atoms with van der Waals surface area (Å²) >= 11 is 0. The van der Waals surface area contributed by atoms with E-state index >= 15 is 0 Å². The van der Waals surface area contributed by atoms with Crippen LogP contribution in [0.1, 0.15) is 51.4 Å². The topological polar surface area (TPSA) is 89.9 Å². The normalized spacial score (nSPS) is 21.4. The van der Waals surface area contributed by atoms with E-state index < -0.39 is 11.4 Å². The van der Waals surface area contributed by atoms with E-state index in [0.29, 0.717) is 19.4 Å². The lowest BCUT2D eigenvalue weighted by atomic mass is 9.86. The van der Waals surface area contributed by atoms with Gasteiger partial charge in [0.1, 0.15) is 0 Å². The van der Waals surface area contributed by atoms with Crippen LogP contribution in [0.25, 0.3) is 0 Å². The van der Waals surface area contributed by atoms with Gasteiger partial charge in [-0.2, -0.15) is 0 Å². The highest BCUT2D eigenvalue weighted by molar-refractivity contribution is 5.78. The largest absolute Gasteiger partial charge is 0.481 e.